The first-order valence-electron chi connectivity index (χ1n) is 6.37. The summed E-state index contributed by atoms with van der Waals surface area (Å²) in [5.74, 6) is 1.45. The molecule has 0 saturated heterocycles. The van der Waals surface area contributed by atoms with Crippen LogP contribution in [-0.4, -0.2) is 53.2 Å². The van der Waals surface area contributed by atoms with Gasteiger partial charge in [0, 0.05) is 42.0 Å². The van der Waals surface area contributed by atoms with E-state index in [2.05, 4.69) is 5.32 Å². The molecule has 0 aromatic heterocycles. The smallest absolute Gasteiger partial charge is 0.0897 e. The fourth-order valence-corrected chi connectivity index (χ4v) is 2.18. The van der Waals surface area contributed by atoms with Crippen molar-refractivity contribution in [2.24, 2.45) is 5.92 Å². The lowest BCUT2D eigenvalue weighted by Gasteiger charge is -2.16. The Balaban J connectivity index is 1.93. The highest BCUT2D eigenvalue weighted by Crippen LogP contribution is 2.28. The minimum Gasteiger partial charge on any atom is -0.389 e. The molecule has 4 nitrogen and oxygen atoms in total. The largest absolute Gasteiger partial charge is 0.389 e. The summed E-state index contributed by atoms with van der Waals surface area (Å²) in [7, 11) is -0.731. The standard InChI is InChI=1S/C12H25NO3S/c1-10(5-6-17(2)15)13-7-12(14)9-16-8-11-3-4-11/h10-14H,3-9H2,1-2H3. The number of hydrogen-bond acceptors (Lipinski definition) is 4. The molecule has 3 atom stereocenters. The van der Waals surface area contributed by atoms with Crippen LogP contribution in [0.4, 0.5) is 0 Å². The highest BCUT2D eigenvalue weighted by molar-refractivity contribution is 7.84. The fraction of sp³-hybridized carbons (Fsp3) is 1.00. The average molecular weight is 263 g/mol. The summed E-state index contributed by atoms with van der Waals surface area (Å²) in [5.41, 5.74) is 0. The molecule has 3 unspecified atom stereocenters. The van der Waals surface area contributed by atoms with Crippen molar-refractivity contribution < 1.29 is 14.1 Å². The highest BCUT2D eigenvalue weighted by atomic mass is 32.2. The molecule has 1 aliphatic rings. The van der Waals surface area contributed by atoms with Gasteiger partial charge in [-0.05, 0) is 32.1 Å². The summed E-state index contributed by atoms with van der Waals surface area (Å²) in [6, 6.07) is 0.289. The van der Waals surface area contributed by atoms with Crippen LogP contribution in [0.2, 0.25) is 0 Å². The maximum atomic E-state index is 10.9. The Morgan fingerprint density at radius 1 is 1.53 bits per heavy atom. The molecule has 1 saturated carbocycles. The molecule has 5 heteroatoms. The molecular formula is C12H25NO3S. The summed E-state index contributed by atoms with van der Waals surface area (Å²) in [6.07, 6.45) is 4.70. The molecular weight excluding hydrogens is 238 g/mol. The molecule has 102 valence electrons. The van der Waals surface area contributed by atoms with Crippen LogP contribution in [0.1, 0.15) is 26.2 Å². The Bertz CT molecular complexity index is 234. The van der Waals surface area contributed by atoms with Gasteiger partial charge in [0.05, 0.1) is 12.7 Å². The number of nitrogens with one attached hydrogen (secondary N) is 1. The van der Waals surface area contributed by atoms with Crippen molar-refractivity contribution in [2.75, 3.05) is 31.8 Å². The Morgan fingerprint density at radius 3 is 2.82 bits per heavy atom. The molecule has 0 amide bonds. The second-order valence-corrected chi connectivity index (χ2v) is 6.56. The third-order valence-electron chi connectivity index (χ3n) is 2.90. The lowest BCUT2D eigenvalue weighted by molar-refractivity contribution is 0.0315. The quantitative estimate of drug-likeness (QED) is 0.603. The van der Waals surface area contributed by atoms with E-state index in [1.54, 1.807) is 6.26 Å². The van der Waals surface area contributed by atoms with Gasteiger partial charge < -0.3 is 15.2 Å². The van der Waals surface area contributed by atoms with E-state index in [0.29, 0.717) is 18.9 Å². The van der Waals surface area contributed by atoms with E-state index in [9.17, 15) is 9.32 Å². The molecule has 17 heavy (non-hydrogen) atoms. The minimum absolute atomic E-state index is 0.289. The first-order chi connectivity index (χ1) is 8.08. The van der Waals surface area contributed by atoms with Crippen LogP contribution in [0, 0.1) is 5.92 Å². The molecule has 0 radical (unpaired) electrons. The molecule has 0 aliphatic heterocycles. The molecule has 0 spiro atoms. The van der Waals surface area contributed by atoms with Crippen molar-refractivity contribution >= 4 is 10.8 Å². The first-order valence-corrected chi connectivity index (χ1v) is 8.10. The third kappa shape index (κ3) is 8.71. The number of rotatable bonds is 10. The number of aliphatic hydroxyl groups is 1. The second-order valence-electron chi connectivity index (χ2n) is 5.01. The average Bonchev–Trinajstić information content (AvgIpc) is 3.07. The molecule has 1 fully saturated rings. The van der Waals surface area contributed by atoms with Gasteiger partial charge in [-0.3, -0.25) is 4.21 Å². The Labute approximate surface area is 107 Å². The molecule has 0 aromatic carbocycles. The Kier molecular flexibility index (Phi) is 7.27. The van der Waals surface area contributed by atoms with E-state index in [1.165, 1.54) is 12.8 Å². The summed E-state index contributed by atoms with van der Waals surface area (Å²) in [4.78, 5) is 0. The molecule has 1 rings (SSSR count). The number of ether oxygens (including phenoxy) is 1. The van der Waals surface area contributed by atoms with Gasteiger partial charge in [0.25, 0.3) is 0 Å². The van der Waals surface area contributed by atoms with Crippen LogP contribution in [-0.2, 0) is 15.5 Å². The van der Waals surface area contributed by atoms with Gasteiger partial charge >= 0.3 is 0 Å². The van der Waals surface area contributed by atoms with Gasteiger partial charge in [-0.1, -0.05) is 0 Å². The SMILES string of the molecule is CC(CCS(C)=O)NCC(O)COCC1CC1. The zero-order valence-electron chi connectivity index (χ0n) is 10.9. The fourth-order valence-electron chi connectivity index (χ4n) is 1.50. The molecule has 0 bridgehead atoms. The van der Waals surface area contributed by atoms with Crippen molar-refractivity contribution in [1.29, 1.82) is 0 Å². The van der Waals surface area contributed by atoms with Crippen LogP contribution in [0.3, 0.4) is 0 Å². The summed E-state index contributed by atoms with van der Waals surface area (Å²) in [5, 5.41) is 12.9. The van der Waals surface area contributed by atoms with Gasteiger partial charge in [0.15, 0.2) is 0 Å². The summed E-state index contributed by atoms with van der Waals surface area (Å²) < 4.78 is 16.3. The van der Waals surface area contributed by atoms with Crippen LogP contribution in [0.15, 0.2) is 0 Å². The lowest BCUT2D eigenvalue weighted by Crippen LogP contribution is -2.36. The second kappa shape index (κ2) is 8.19. The maximum Gasteiger partial charge on any atom is 0.0897 e. The van der Waals surface area contributed by atoms with Gasteiger partial charge in [-0.2, -0.15) is 0 Å². The van der Waals surface area contributed by atoms with Crippen molar-refractivity contribution in [3.63, 3.8) is 0 Å². The van der Waals surface area contributed by atoms with Crippen LogP contribution in [0.25, 0.3) is 0 Å². The zero-order valence-corrected chi connectivity index (χ0v) is 11.7. The first kappa shape index (κ1) is 15.1. The zero-order chi connectivity index (χ0) is 12.7. The predicted octanol–water partition coefficient (Wildman–Crippen LogP) is 0.521. The normalized spacial score (nSPS) is 21.1. The van der Waals surface area contributed by atoms with Gasteiger partial charge in [-0.15, -0.1) is 0 Å². The monoisotopic (exact) mass is 263 g/mol. The van der Waals surface area contributed by atoms with Crippen LogP contribution >= 0.6 is 0 Å². The van der Waals surface area contributed by atoms with Crippen molar-refractivity contribution in [2.45, 2.75) is 38.3 Å². The van der Waals surface area contributed by atoms with E-state index in [1.807, 2.05) is 6.92 Å². The van der Waals surface area contributed by atoms with Gasteiger partial charge in [0.2, 0.25) is 0 Å². The molecule has 2 N–H and O–H groups in total. The maximum absolute atomic E-state index is 10.9. The van der Waals surface area contributed by atoms with E-state index in [0.717, 1.165) is 18.9 Å². The summed E-state index contributed by atoms with van der Waals surface area (Å²) >= 11 is 0. The topological polar surface area (TPSA) is 58.6 Å². The van der Waals surface area contributed by atoms with Crippen molar-refractivity contribution in [3.8, 4) is 0 Å². The van der Waals surface area contributed by atoms with Crippen LogP contribution in [0.5, 0.6) is 0 Å². The number of hydrogen-bond donors (Lipinski definition) is 2. The molecule has 0 aromatic rings. The van der Waals surface area contributed by atoms with E-state index in [-0.39, 0.29) is 6.04 Å². The minimum atomic E-state index is -0.731. The van der Waals surface area contributed by atoms with Crippen LogP contribution < -0.4 is 5.32 Å². The van der Waals surface area contributed by atoms with E-state index in [4.69, 9.17) is 4.74 Å². The van der Waals surface area contributed by atoms with E-state index < -0.39 is 16.9 Å². The Hall–Kier alpha value is 0.0300. The van der Waals surface area contributed by atoms with Crippen molar-refractivity contribution in [1.82, 2.24) is 5.32 Å². The third-order valence-corrected chi connectivity index (χ3v) is 3.71. The highest BCUT2D eigenvalue weighted by Gasteiger charge is 2.21. The lowest BCUT2D eigenvalue weighted by atomic mass is 10.2. The predicted molar refractivity (Wildman–Crippen MR) is 70.6 cm³/mol. The molecule has 1 aliphatic carbocycles. The molecule has 0 heterocycles. The van der Waals surface area contributed by atoms with Gasteiger partial charge in [-0.25, -0.2) is 0 Å². The Morgan fingerprint density at radius 2 is 2.24 bits per heavy atom. The van der Waals surface area contributed by atoms with Crippen molar-refractivity contribution in [3.05, 3.63) is 0 Å². The summed E-state index contributed by atoms with van der Waals surface area (Å²) in [6.45, 7) is 3.80. The van der Waals surface area contributed by atoms with E-state index >= 15 is 0 Å². The number of aliphatic hydroxyl groups excluding tert-OH is 1. The van der Waals surface area contributed by atoms with Gasteiger partial charge in [0.1, 0.15) is 0 Å².